The second-order valence-electron chi connectivity index (χ2n) is 6.61. The van der Waals surface area contributed by atoms with Gasteiger partial charge in [0.05, 0.1) is 16.8 Å². The van der Waals surface area contributed by atoms with Gasteiger partial charge >= 0.3 is 5.97 Å². The molecular formula is C19H23BrN2O3S. The lowest BCUT2D eigenvalue weighted by Crippen LogP contribution is -2.28. The van der Waals surface area contributed by atoms with E-state index >= 15 is 0 Å². The molecule has 7 heteroatoms. The normalized spacial score (nSPS) is 17.6. The van der Waals surface area contributed by atoms with Crippen LogP contribution in [-0.4, -0.2) is 46.7 Å². The van der Waals surface area contributed by atoms with Gasteiger partial charge in [-0.05, 0) is 73.8 Å². The van der Waals surface area contributed by atoms with Crippen molar-refractivity contribution in [1.82, 2.24) is 9.88 Å². The quantitative estimate of drug-likeness (QED) is 0.626. The number of ether oxygens (including phenoxy) is 1. The molecule has 26 heavy (non-hydrogen) atoms. The van der Waals surface area contributed by atoms with Crippen LogP contribution in [0.4, 0.5) is 0 Å². The average molecular weight is 439 g/mol. The van der Waals surface area contributed by atoms with E-state index in [1.54, 1.807) is 6.92 Å². The summed E-state index contributed by atoms with van der Waals surface area (Å²) in [4.78, 5) is 18.4. The molecule has 1 aromatic carbocycles. The Hall–Kier alpha value is -1.44. The molecule has 1 aromatic heterocycles. The van der Waals surface area contributed by atoms with Gasteiger partial charge in [0.2, 0.25) is 0 Å². The number of aryl methyl sites for hydroxylation is 1. The molecule has 0 aliphatic carbocycles. The fraction of sp³-hybridized carbons (Fsp3) is 0.474. The first-order valence-electron chi connectivity index (χ1n) is 8.83. The van der Waals surface area contributed by atoms with Gasteiger partial charge in [0.1, 0.15) is 15.6 Å². The lowest BCUT2D eigenvalue weighted by molar-refractivity contribution is 0.0701. The summed E-state index contributed by atoms with van der Waals surface area (Å²) in [6.45, 7) is 6.97. The second kappa shape index (κ2) is 8.50. The van der Waals surface area contributed by atoms with Gasteiger partial charge in [-0.3, -0.25) is 0 Å². The van der Waals surface area contributed by atoms with E-state index in [9.17, 15) is 9.90 Å². The SMILES string of the molecule is Cc1nc(-c2ccc(OCCCN3CCCC3C)c(Br)c2)sc1C(=O)O. The van der Waals surface area contributed by atoms with Gasteiger partial charge in [0.15, 0.2) is 0 Å². The average Bonchev–Trinajstić information content (AvgIpc) is 3.18. The van der Waals surface area contributed by atoms with E-state index in [1.807, 2.05) is 18.2 Å². The van der Waals surface area contributed by atoms with Gasteiger partial charge in [-0.1, -0.05) is 0 Å². The third-order valence-corrected chi connectivity index (χ3v) is 6.52. The molecule has 1 saturated heterocycles. The molecule has 0 amide bonds. The lowest BCUT2D eigenvalue weighted by Gasteiger charge is -2.20. The third kappa shape index (κ3) is 4.45. The number of halogens is 1. The summed E-state index contributed by atoms with van der Waals surface area (Å²) in [5.41, 5.74) is 1.43. The van der Waals surface area contributed by atoms with E-state index in [0.29, 0.717) is 23.4 Å². The highest BCUT2D eigenvalue weighted by molar-refractivity contribution is 9.10. The Kier molecular flexibility index (Phi) is 6.32. The number of carboxylic acids is 1. The fourth-order valence-corrected chi connectivity index (χ4v) is 4.64. The zero-order valence-corrected chi connectivity index (χ0v) is 17.4. The highest BCUT2D eigenvalue weighted by Crippen LogP contribution is 2.34. The fourth-order valence-electron chi connectivity index (χ4n) is 3.24. The molecule has 3 rings (SSSR count). The van der Waals surface area contributed by atoms with Crippen molar-refractivity contribution in [2.24, 2.45) is 0 Å². The lowest BCUT2D eigenvalue weighted by atomic mass is 10.2. The van der Waals surface area contributed by atoms with Crippen molar-refractivity contribution >= 4 is 33.2 Å². The molecule has 1 fully saturated rings. The van der Waals surface area contributed by atoms with Crippen LogP contribution in [0.3, 0.4) is 0 Å². The van der Waals surface area contributed by atoms with Crippen LogP contribution in [0.5, 0.6) is 5.75 Å². The highest BCUT2D eigenvalue weighted by Gasteiger charge is 2.19. The van der Waals surface area contributed by atoms with Gasteiger partial charge in [0, 0.05) is 18.2 Å². The van der Waals surface area contributed by atoms with Crippen molar-refractivity contribution < 1.29 is 14.6 Å². The van der Waals surface area contributed by atoms with Crippen LogP contribution < -0.4 is 4.74 Å². The van der Waals surface area contributed by atoms with Crippen LogP contribution in [-0.2, 0) is 0 Å². The molecule has 1 N–H and O–H groups in total. The number of benzene rings is 1. The standard InChI is InChI=1S/C19H23BrN2O3S/c1-12-5-3-8-22(12)9-4-10-25-16-7-6-14(11-15(16)20)18-21-13(2)17(26-18)19(23)24/h6-7,11-12H,3-5,8-10H2,1-2H3,(H,23,24). The number of thiazole rings is 1. The van der Waals surface area contributed by atoms with Crippen LogP contribution in [0.15, 0.2) is 22.7 Å². The number of hydrogen-bond donors (Lipinski definition) is 1. The second-order valence-corrected chi connectivity index (χ2v) is 8.47. The molecule has 0 radical (unpaired) electrons. The predicted octanol–water partition coefficient (Wildman–Crippen LogP) is 4.83. The van der Waals surface area contributed by atoms with Gasteiger partial charge in [-0.25, -0.2) is 9.78 Å². The van der Waals surface area contributed by atoms with Crippen LogP contribution in [0, 0.1) is 6.92 Å². The maximum Gasteiger partial charge on any atom is 0.347 e. The minimum atomic E-state index is -0.933. The number of hydrogen-bond acceptors (Lipinski definition) is 5. The number of aromatic carboxylic acids is 1. The van der Waals surface area contributed by atoms with Crippen LogP contribution in [0.25, 0.3) is 10.6 Å². The van der Waals surface area contributed by atoms with E-state index < -0.39 is 5.97 Å². The number of carboxylic acid groups (broad SMARTS) is 1. The summed E-state index contributed by atoms with van der Waals surface area (Å²) in [6.07, 6.45) is 3.61. The molecule has 2 heterocycles. The molecule has 140 valence electrons. The smallest absolute Gasteiger partial charge is 0.347 e. The number of rotatable bonds is 7. The zero-order valence-electron chi connectivity index (χ0n) is 15.0. The maximum atomic E-state index is 11.2. The van der Waals surface area contributed by atoms with Crippen molar-refractivity contribution in [3.63, 3.8) is 0 Å². The van der Waals surface area contributed by atoms with E-state index in [-0.39, 0.29) is 4.88 Å². The number of aromatic nitrogens is 1. The summed E-state index contributed by atoms with van der Waals surface area (Å²) in [7, 11) is 0. The molecule has 0 bridgehead atoms. The number of nitrogens with zero attached hydrogens (tertiary/aromatic N) is 2. The van der Waals surface area contributed by atoms with Crippen LogP contribution in [0.2, 0.25) is 0 Å². The minimum Gasteiger partial charge on any atom is -0.492 e. The first-order valence-corrected chi connectivity index (χ1v) is 10.4. The molecule has 0 spiro atoms. The van der Waals surface area contributed by atoms with Crippen LogP contribution >= 0.6 is 27.3 Å². The van der Waals surface area contributed by atoms with E-state index in [2.05, 4.69) is 32.7 Å². The Morgan fingerprint density at radius 3 is 2.92 bits per heavy atom. The number of carbonyl (C=O) groups is 1. The Morgan fingerprint density at radius 1 is 1.50 bits per heavy atom. The largest absolute Gasteiger partial charge is 0.492 e. The molecule has 0 saturated carbocycles. The Labute approximate surface area is 166 Å². The van der Waals surface area contributed by atoms with Crippen molar-refractivity contribution in [3.8, 4) is 16.3 Å². The Morgan fingerprint density at radius 2 is 2.31 bits per heavy atom. The van der Waals surface area contributed by atoms with E-state index in [1.165, 1.54) is 30.7 Å². The summed E-state index contributed by atoms with van der Waals surface area (Å²) >= 11 is 4.74. The minimum absolute atomic E-state index is 0.285. The van der Waals surface area contributed by atoms with Gasteiger partial charge in [0.25, 0.3) is 0 Å². The molecule has 1 aliphatic rings. The molecule has 1 unspecified atom stereocenters. The van der Waals surface area contributed by atoms with Gasteiger partial charge in [-0.2, -0.15) is 0 Å². The van der Waals surface area contributed by atoms with Crippen molar-refractivity contribution in [2.45, 2.75) is 39.2 Å². The van der Waals surface area contributed by atoms with E-state index in [4.69, 9.17) is 4.74 Å². The van der Waals surface area contributed by atoms with Crippen LogP contribution in [0.1, 0.15) is 41.6 Å². The van der Waals surface area contributed by atoms with Crippen molar-refractivity contribution in [2.75, 3.05) is 19.7 Å². The molecule has 5 nitrogen and oxygen atoms in total. The first kappa shape index (κ1) is 19.3. The van der Waals surface area contributed by atoms with E-state index in [0.717, 1.165) is 28.8 Å². The van der Waals surface area contributed by atoms with Crippen molar-refractivity contribution in [1.29, 1.82) is 0 Å². The summed E-state index contributed by atoms with van der Waals surface area (Å²) < 4.78 is 6.76. The van der Waals surface area contributed by atoms with Gasteiger partial charge < -0.3 is 14.7 Å². The Bertz CT molecular complexity index is 793. The molecule has 2 aromatic rings. The molecule has 1 atom stereocenters. The summed E-state index contributed by atoms with van der Waals surface area (Å²) in [6, 6.07) is 6.46. The first-order chi connectivity index (χ1) is 12.5. The molecular weight excluding hydrogens is 416 g/mol. The number of likely N-dealkylation sites (tertiary alicyclic amines) is 1. The monoisotopic (exact) mass is 438 g/mol. The van der Waals surface area contributed by atoms with Gasteiger partial charge in [-0.15, -0.1) is 11.3 Å². The highest BCUT2D eigenvalue weighted by atomic mass is 79.9. The Balaban J connectivity index is 1.59. The summed E-state index contributed by atoms with van der Waals surface area (Å²) in [5, 5.41) is 9.88. The molecule has 1 aliphatic heterocycles. The predicted molar refractivity (Wildman–Crippen MR) is 107 cm³/mol. The third-order valence-electron chi connectivity index (χ3n) is 4.71. The topological polar surface area (TPSA) is 62.7 Å². The summed E-state index contributed by atoms with van der Waals surface area (Å²) in [5.74, 6) is -0.132. The zero-order chi connectivity index (χ0) is 18.7. The van der Waals surface area contributed by atoms with Crippen molar-refractivity contribution in [3.05, 3.63) is 33.2 Å². The maximum absolute atomic E-state index is 11.2.